The molecule has 9 heteroatoms. The number of hydrogen-bond donors (Lipinski definition) is 2. The van der Waals surface area contributed by atoms with Crippen LogP contribution in [0.5, 0.6) is 5.75 Å². The molecule has 148 valence electrons. The highest BCUT2D eigenvalue weighted by molar-refractivity contribution is 6.30. The number of halogens is 5. The Morgan fingerprint density at radius 1 is 1.38 bits per heavy atom. The molecular formula is C17H23Cl2F3N2O2. The van der Waals surface area contributed by atoms with E-state index in [1.165, 1.54) is 18.2 Å². The van der Waals surface area contributed by atoms with Crippen LogP contribution in [0.1, 0.15) is 26.2 Å². The maximum Gasteiger partial charge on any atom is 0.422 e. The number of rotatable bonds is 6. The topological polar surface area (TPSA) is 50.4 Å². The first-order valence-electron chi connectivity index (χ1n) is 8.24. The number of carbonyl (C=O) groups excluding carboxylic acids is 1. The number of benzene rings is 1. The molecule has 2 N–H and O–H groups in total. The van der Waals surface area contributed by atoms with Crippen molar-refractivity contribution in [3.05, 3.63) is 23.2 Å². The third kappa shape index (κ3) is 7.60. The second kappa shape index (κ2) is 10.2. The van der Waals surface area contributed by atoms with Crippen LogP contribution >= 0.6 is 24.0 Å². The van der Waals surface area contributed by atoms with E-state index in [-0.39, 0.29) is 40.7 Å². The molecule has 0 spiro atoms. The summed E-state index contributed by atoms with van der Waals surface area (Å²) < 4.78 is 41.9. The molecule has 1 unspecified atom stereocenters. The second-order valence-electron chi connectivity index (χ2n) is 6.36. The molecule has 1 fully saturated rings. The zero-order valence-electron chi connectivity index (χ0n) is 14.4. The molecule has 0 saturated carbocycles. The smallest absolute Gasteiger partial charge is 0.422 e. The lowest BCUT2D eigenvalue weighted by atomic mass is 9.84. The lowest BCUT2D eigenvalue weighted by Crippen LogP contribution is -2.32. The van der Waals surface area contributed by atoms with E-state index in [0.29, 0.717) is 12.3 Å². The highest BCUT2D eigenvalue weighted by Gasteiger charge is 2.29. The van der Waals surface area contributed by atoms with Crippen LogP contribution in [0.2, 0.25) is 5.02 Å². The van der Waals surface area contributed by atoms with Crippen molar-refractivity contribution in [2.75, 3.05) is 25.0 Å². The van der Waals surface area contributed by atoms with Gasteiger partial charge in [0, 0.05) is 17.5 Å². The van der Waals surface area contributed by atoms with Crippen LogP contribution in [0.15, 0.2) is 18.2 Å². The lowest BCUT2D eigenvalue weighted by molar-refractivity contribution is -0.153. The first-order chi connectivity index (χ1) is 11.7. The molecule has 1 aliphatic rings. The van der Waals surface area contributed by atoms with Crippen LogP contribution in [0.4, 0.5) is 18.9 Å². The summed E-state index contributed by atoms with van der Waals surface area (Å²) >= 11 is 5.81. The van der Waals surface area contributed by atoms with Crippen molar-refractivity contribution in [1.82, 2.24) is 5.32 Å². The number of alkyl halides is 3. The standard InChI is InChI=1S/C17H22ClF3N2O2.ClH/c1-11(12-4-6-22-7-5-12)8-16(24)23-14-3-2-13(18)9-15(14)25-10-17(19,20)21;/h2-3,9,11-12,22H,4-8,10H2,1H3,(H,23,24);1H. The molecule has 1 heterocycles. The summed E-state index contributed by atoms with van der Waals surface area (Å²) in [5.41, 5.74) is 0.191. The van der Waals surface area contributed by atoms with E-state index < -0.39 is 12.8 Å². The van der Waals surface area contributed by atoms with Crippen molar-refractivity contribution < 1.29 is 22.7 Å². The number of amides is 1. The average Bonchev–Trinajstić information content (AvgIpc) is 2.55. The van der Waals surface area contributed by atoms with E-state index in [1.54, 1.807) is 0 Å². The van der Waals surface area contributed by atoms with E-state index in [1.807, 2.05) is 6.92 Å². The van der Waals surface area contributed by atoms with E-state index in [0.717, 1.165) is 25.9 Å². The Hall–Kier alpha value is -1.18. The van der Waals surface area contributed by atoms with Crippen LogP contribution in [-0.2, 0) is 4.79 Å². The fourth-order valence-corrected chi connectivity index (χ4v) is 3.11. The van der Waals surface area contributed by atoms with Gasteiger partial charge in [0.15, 0.2) is 6.61 Å². The summed E-state index contributed by atoms with van der Waals surface area (Å²) in [6.07, 6.45) is -2.11. The van der Waals surface area contributed by atoms with Crippen molar-refractivity contribution in [3.63, 3.8) is 0 Å². The molecule has 1 aromatic rings. The van der Waals surface area contributed by atoms with Gasteiger partial charge in [0.05, 0.1) is 5.69 Å². The van der Waals surface area contributed by atoms with Crippen LogP contribution in [0.3, 0.4) is 0 Å². The van der Waals surface area contributed by atoms with Crippen LogP contribution in [-0.4, -0.2) is 31.8 Å². The van der Waals surface area contributed by atoms with Crippen molar-refractivity contribution in [1.29, 1.82) is 0 Å². The fourth-order valence-electron chi connectivity index (χ4n) is 2.95. The van der Waals surface area contributed by atoms with Gasteiger partial charge in [0.25, 0.3) is 0 Å². The normalized spacial score (nSPS) is 16.5. The molecule has 26 heavy (non-hydrogen) atoms. The Bertz CT molecular complexity index is 594. The number of piperidine rings is 1. The zero-order valence-corrected chi connectivity index (χ0v) is 15.9. The molecule has 2 rings (SSSR count). The minimum atomic E-state index is -4.47. The van der Waals surface area contributed by atoms with Gasteiger partial charge in [0.1, 0.15) is 5.75 Å². The van der Waals surface area contributed by atoms with Gasteiger partial charge in [-0.15, -0.1) is 12.4 Å². The molecule has 1 saturated heterocycles. The molecule has 0 radical (unpaired) electrons. The molecular weight excluding hydrogens is 392 g/mol. The van der Waals surface area contributed by atoms with Crippen molar-refractivity contribution in [2.45, 2.75) is 32.4 Å². The second-order valence-corrected chi connectivity index (χ2v) is 6.80. The molecule has 1 atom stereocenters. The molecule has 1 aliphatic heterocycles. The first-order valence-corrected chi connectivity index (χ1v) is 8.62. The van der Waals surface area contributed by atoms with Crippen LogP contribution in [0, 0.1) is 11.8 Å². The van der Waals surface area contributed by atoms with Crippen molar-refractivity contribution in [2.24, 2.45) is 11.8 Å². The number of hydrogen-bond acceptors (Lipinski definition) is 3. The molecule has 0 bridgehead atoms. The number of ether oxygens (including phenoxy) is 1. The highest BCUT2D eigenvalue weighted by atomic mass is 35.5. The van der Waals surface area contributed by atoms with E-state index in [4.69, 9.17) is 16.3 Å². The highest BCUT2D eigenvalue weighted by Crippen LogP contribution is 2.31. The predicted octanol–water partition coefficient (Wildman–Crippen LogP) is 4.67. The molecule has 0 aliphatic carbocycles. The molecule has 1 aromatic carbocycles. The minimum absolute atomic E-state index is 0. The average molecular weight is 415 g/mol. The van der Waals surface area contributed by atoms with Gasteiger partial charge in [-0.2, -0.15) is 13.2 Å². The van der Waals surface area contributed by atoms with Gasteiger partial charge >= 0.3 is 6.18 Å². The summed E-state index contributed by atoms with van der Waals surface area (Å²) in [5, 5.41) is 6.15. The zero-order chi connectivity index (χ0) is 18.4. The van der Waals surface area contributed by atoms with Gasteiger partial charge in [-0.05, 0) is 49.9 Å². The SMILES string of the molecule is CC(CC(=O)Nc1ccc(Cl)cc1OCC(F)(F)F)C1CCNCC1.Cl. The van der Waals surface area contributed by atoms with Gasteiger partial charge in [0.2, 0.25) is 5.91 Å². The van der Waals surface area contributed by atoms with Crippen molar-refractivity contribution in [3.8, 4) is 5.75 Å². The van der Waals surface area contributed by atoms with E-state index in [2.05, 4.69) is 10.6 Å². The summed E-state index contributed by atoms with van der Waals surface area (Å²) in [6, 6.07) is 4.20. The molecule has 0 aromatic heterocycles. The lowest BCUT2D eigenvalue weighted by Gasteiger charge is -2.28. The van der Waals surface area contributed by atoms with Gasteiger partial charge in [-0.25, -0.2) is 0 Å². The summed E-state index contributed by atoms with van der Waals surface area (Å²) in [7, 11) is 0. The van der Waals surface area contributed by atoms with Crippen LogP contribution in [0.25, 0.3) is 0 Å². The summed E-state index contributed by atoms with van der Waals surface area (Å²) in [4.78, 5) is 12.3. The Kier molecular flexibility index (Phi) is 9.00. The third-order valence-electron chi connectivity index (χ3n) is 4.31. The largest absolute Gasteiger partial charge is 0.482 e. The van der Waals surface area contributed by atoms with Crippen molar-refractivity contribution >= 4 is 35.6 Å². The monoisotopic (exact) mass is 414 g/mol. The number of anilines is 1. The maximum atomic E-state index is 12.4. The summed E-state index contributed by atoms with van der Waals surface area (Å²) in [6.45, 7) is 2.48. The third-order valence-corrected chi connectivity index (χ3v) is 4.54. The first kappa shape index (κ1) is 22.9. The predicted molar refractivity (Wildman–Crippen MR) is 98.3 cm³/mol. The van der Waals surface area contributed by atoms with Gasteiger partial charge in [-0.3, -0.25) is 4.79 Å². The fraction of sp³-hybridized carbons (Fsp3) is 0.588. The van der Waals surface area contributed by atoms with Gasteiger partial charge < -0.3 is 15.4 Å². The Labute approximate surface area is 162 Å². The summed E-state index contributed by atoms with van der Waals surface area (Å²) in [5.74, 6) is 0.338. The number of carbonyl (C=O) groups is 1. The quantitative estimate of drug-likeness (QED) is 0.710. The van der Waals surface area contributed by atoms with Crippen LogP contribution < -0.4 is 15.4 Å². The van der Waals surface area contributed by atoms with E-state index >= 15 is 0 Å². The Balaban J connectivity index is 0.00000338. The molecule has 4 nitrogen and oxygen atoms in total. The Morgan fingerprint density at radius 3 is 2.65 bits per heavy atom. The maximum absolute atomic E-state index is 12.4. The molecule has 1 amide bonds. The van der Waals surface area contributed by atoms with E-state index in [9.17, 15) is 18.0 Å². The Morgan fingerprint density at radius 2 is 2.04 bits per heavy atom. The number of nitrogens with one attached hydrogen (secondary N) is 2. The minimum Gasteiger partial charge on any atom is -0.482 e. The van der Waals surface area contributed by atoms with Gasteiger partial charge in [-0.1, -0.05) is 18.5 Å².